The second-order valence-electron chi connectivity index (χ2n) is 5.67. The summed E-state index contributed by atoms with van der Waals surface area (Å²) in [5.74, 6) is 0. The first-order valence-electron chi connectivity index (χ1n) is 6.28. The van der Waals surface area contributed by atoms with Gasteiger partial charge in [-0.05, 0) is 51.5 Å². The minimum Gasteiger partial charge on any atom is -0.306 e. The monoisotopic (exact) mass is 278 g/mol. The van der Waals surface area contributed by atoms with E-state index in [-0.39, 0.29) is 5.54 Å². The number of hydrogen-bond acceptors (Lipinski definition) is 3. The van der Waals surface area contributed by atoms with Crippen LogP contribution >= 0.6 is 11.6 Å². The molecule has 0 unspecified atom stereocenters. The summed E-state index contributed by atoms with van der Waals surface area (Å²) >= 11 is 5.98. The number of benzene rings is 1. The number of halogens is 1. The zero-order valence-electron chi connectivity index (χ0n) is 11.7. The van der Waals surface area contributed by atoms with Crippen LogP contribution in [0.5, 0.6) is 0 Å². The average Bonchev–Trinajstić information content (AvgIpc) is 2.73. The molecule has 0 bridgehead atoms. The summed E-state index contributed by atoms with van der Waals surface area (Å²) in [6.45, 7) is 9.14. The minimum absolute atomic E-state index is 0.0597. The molecule has 0 aliphatic rings. The lowest BCUT2D eigenvalue weighted by Crippen LogP contribution is -2.35. The second kappa shape index (κ2) is 5.31. The lowest BCUT2D eigenvalue weighted by molar-refractivity contribution is 0.418. The third-order valence-corrected chi connectivity index (χ3v) is 3.04. The van der Waals surface area contributed by atoms with Crippen LogP contribution in [-0.4, -0.2) is 20.5 Å². The zero-order valence-corrected chi connectivity index (χ0v) is 12.5. The van der Waals surface area contributed by atoms with Crippen molar-refractivity contribution in [2.45, 2.75) is 39.8 Å². The van der Waals surface area contributed by atoms with E-state index in [1.165, 1.54) is 0 Å². The molecule has 0 aliphatic heterocycles. The number of aromatic nitrogens is 3. The van der Waals surface area contributed by atoms with E-state index in [1.807, 2.05) is 29.8 Å². The van der Waals surface area contributed by atoms with E-state index in [0.29, 0.717) is 0 Å². The van der Waals surface area contributed by atoms with Gasteiger partial charge in [-0.25, -0.2) is 4.68 Å². The van der Waals surface area contributed by atoms with E-state index in [9.17, 15) is 0 Å². The van der Waals surface area contributed by atoms with Crippen molar-refractivity contribution in [2.75, 3.05) is 0 Å². The number of hydrogen-bond donors (Lipinski definition) is 1. The van der Waals surface area contributed by atoms with Crippen LogP contribution in [0, 0.1) is 6.92 Å². The summed E-state index contributed by atoms with van der Waals surface area (Å²) in [4.78, 5) is 0. The van der Waals surface area contributed by atoms with Gasteiger partial charge in [-0.3, -0.25) is 0 Å². The normalized spacial score (nSPS) is 11.8. The van der Waals surface area contributed by atoms with E-state index >= 15 is 0 Å². The summed E-state index contributed by atoms with van der Waals surface area (Å²) in [6.07, 6.45) is 1.78. The van der Waals surface area contributed by atoms with E-state index in [0.717, 1.165) is 28.5 Å². The highest BCUT2D eigenvalue weighted by molar-refractivity contribution is 6.30. The number of nitrogens with zero attached hydrogens (tertiary/aromatic N) is 3. The van der Waals surface area contributed by atoms with Crippen molar-refractivity contribution in [3.8, 4) is 5.69 Å². The molecule has 2 rings (SSSR count). The van der Waals surface area contributed by atoms with Crippen LogP contribution in [0.15, 0.2) is 24.4 Å². The third kappa shape index (κ3) is 3.55. The average molecular weight is 279 g/mol. The summed E-state index contributed by atoms with van der Waals surface area (Å²) in [5.41, 5.74) is 3.17. The predicted octanol–water partition coefficient (Wildman–Crippen LogP) is 3.12. The molecule has 0 atom stereocenters. The smallest absolute Gasteiger partial charge is 0.0783 e. The second-order valence-corrected chi connectivity index (χ2v) is 6.11. The maximum atomic E-state index is 5.98. The van der Waals surface area contributed by atoms with Gasteiger partial charge >= 0.3 is 0 Å². The van der Waals surface area contributed by atoms with Crippen molar-refractivity contribution in [3.63, 3.8) is 0 Å². The highest BCUT2D eigenvalue weighted by Crippen LogP contribution is 2.19. The Bertz CT molecular complexity index is 569. The molecular weight excluding hydrogens is 260 g/mol. The van der Waals surface area contributed by atoms with Crippen molar-refractivity contribution in [3.05, 3.63) is 40.7 Å². The van der Waals surface area contributed by atoms with Crippen molar-refractivity contribution in [2.24, 2.45) is 0 Å². The molecule has 0 saturated carbocycles. The van der Waals surface area contributed by atoms with Gasteiger partial charge in [0.1, 0.15) is 0 Å². The van der Waals surface area contributed by atoms with Gasteiger partial charge < -0.3 is 5.32 Å². The SMILES string of the molecule is Cc1cc(Cl)ccc1-n1nncc1CNC(C)(C)C. The van der Waals surface area contributed by atoms with E-state index in [2.05, 4.69) is 36.4 Å². The maximum Gasteiger partial charge on any atom is 0.0783 e. The Kier molecular flexibility index (Phi) is 3.92. The van der Waals surface area contributed by atoms with Crippen molar-refractivity contribution in [1.82, 2.24) is 20.3 Å². The first-order chi connectivity index (χ1) is 8.87. The molecule has 0 fully saturated rings. The summed E-state index contributed by atoms with van der Waals surface area (Å²) in [5, 5.41) is 12.3. The van der Waals surface area contributed by atoms with Crippen LogP contribution in [0.1, 0.15) is 32.0 Å². The Labute approximate surface area is 118 Å². The summed E-state index contributed by atoms with van der Waals surface area (Å²) in [7, 11) is 0. The molecule has 19 heavy (non-hydrogen) atoms. The highest BCUT2D eigenvalue weighted by Gasteiger charge is 2.13. The van der Waals surface area contributed by atoms with Crippen molar-refractivity contribution < 1.29 is 0 Å². The Hall–Kier alpha value is -1.39. The quantitative estimate of drug-likeness (QED) is 0.938. The van der Waals surface area contributed by atoms with Gasteiger partial charge in [-0.15, -0.1) is 5.10 Å². The molecule has 102 valence electrons. The van der Waals surface area contributed by atoms with Crippen LogP contribution in [0.25, 0.3) is 5.69 Å². The first-order valence-corrected chi connectivity index (χ1v) is 6.66. The fourth-order valence-corrected chi connectivity index (χ4v) is 2.02. The third-order valence-electron chi connectivity index (χ3n) is 2.81. The first kappa shape index (κ1) is 14.0. The largest absolute Gasteiger partial charge is 0.306 e. The maximum absolute atomic E-state index is 5.98. The molecule has 0 amide bonds. The van der Waals surface area contributed by atoms with Gasteiger partial charge in [-0.2, -0.15) is 0 Å². The molecule has 1 heterocycles. The minimum atomic E-state index is 0.0597. The Balaban J connectivity index is 2.28. The van der Waals surface area contributed by atoms with E-state index in [4.69, 9.17) is 11.6 Å². The molecule has 2 aromatic rings. The number of aryl methyl sites for hydroxylation is 1. The standard InChI is InChI=1S/C14H19ClN4/c1-10-7-11(15)5-6-13(10)19-12(9-17-18-19)8-16-14(2,3)4/h5-7,9,16H,8H2,1-4H3. The van der Waals surface area contributed by atoms with Crippen molar-refractivity contribution in [1.29, 1.82) is 0 Å². The molecule has 1 aromatic heterocycles. The van der Waals surface area contributed by atoms with Gasteiger partial charge in [0.25, 0.3) is 0 Å². The lowest BCUT2D eigenvalue weighted by atomic mass is 10.1. The Morgan fingerprint density at radius 1 is 1.32 bits per heavy atom. The van der Waals surface area contributed by atoms with Gasteiger partial charge in [0.05, 0.1) is 17.6 Å². The van der Waals surface area contributed by atoms with E-state index < -0.39 is 0 Å². The summed E-state index contributed by atoms with van der Waals surface area (Å²) < 4.78 is 1.85. The lowest BCUT2D eigenvalue weighted by Gasteiger charge is -2.20. The molecule has 5 heteroatoms. The number of nitrogens with one attached hydrogen (secondary N) is 1. The van der Waals surface area contributed by atoms with Crippen LogP contribution in [0.4, 0.5) is 0 Å². The molecule has 1 aromatic carbocycles. The van der Waals surface area contributed by atoms with Crippen LogP contribution in [0.2, 0.25) is 5.02 Å². The molecule has 0 saturated heterocycles. The summed E-state index contributed by atoms with van der Waals surface area (Å²) in [6, 6.07) is 5.76. The van der Waals surface area contributed by atoms with Crippen molar-refractivity contribution >= 4 is 11.6 Å². The van der Waals surface area contributed by atoms with Crippen LogP contribution in [-0.2, 0) is 6.54 Å². The predicted molar refractivity (Wildman–Crippen MR) is 77.7 cm³/mol. The Morgan fingerprint density at radius 2 is 2.05 bits per heavy atom. The molecule has 4 nitrogen and oxygen atoms in total. The van der Waals surface area contributed by atoms with Gasteiger partial charge in [0.15, 0.2) is 0 Å². The van der Waals surface area contributed by atoms with Crippen LogP contribution < -0.4 is 5.32 Å². The molecule has 1 N–H and O–H groups in total. The van der Waals surface area contributed by atoms with Gasteiger partial charge in [0.2, 0.25) is 0 Å². The number of rotatable bonds is 3. The van der Waals surface area contributed by atoms with E-state index in [1.54, 1.807) is 6.20 Å². The van der Waals surface area contributed by atoms with Crippen LogP contribution in [0.3, 0.4) is 0 Å². The van der Waals surface area contributed by atoms with Gasteiger partial charge in [-0.1, -0.05) is 16.8 Å². The topological polar surface area (TPSA) is 42.7 Å². The molecule has 0 radical (unpaired) electrons. The van der Waals surface area contributed by atoms with Gasteiger partial charge in [0, 0.05) is 17.1 Å². The Morgan fingerprint density at radius 3 is 2.68 bits per heavy atom. The highest BCUT2D eigenvalue weighted by atomic mass is 35.5. The fraction of sp³-hybridized carbons (Fsp3) is 0.429. The molecule has 0 spiro atoms. The molecule has 0 aliphatic carbocycles. The molecular formula is C14H19ClN4. The zero-order chi connectivity index (χ0) is 14.0. The fourth-order valence-electron chi connectivity index (χ4n) is 1.79.